The molecule has 3 heterocycles. The first kappa shape index (κ1) is 20.5. The molecule has 2 aliphatic heterocycles. The van der Waals surface area contributed by atoms with E-state index in [-0.39, 0.29) is 24.0 Å². The molecule has 0 bridgehead atoms. The van der Waals surface area contributed by atoms with Crippen LogP contribution in [0, 0.1) is 0 Å². The van der Waals surface area contributed by atoms with Crippen molar-refractivity contribution >= 4 is 11.7 Å². The van der Waals surface area contributed by atoms with Gasteiger partial charge in [-0.25, -0.2) is 4.68 Å². The van der Waals surface area contributed by atoms with Crippen LogP contribution < -0.4 is 15.4 Å². The predicted octanol–water partition coefficient (Wildman–Crippen LogP) is 3.46. The van der Waals surface area contributed by atoms with Gasteiger partial charge in [-0.3, -0.25) is 4.79 Å². The van der Waals surface area contributed by atoms with Gasteiger partial charge in [0.15, 0.2) is 11.7 Å². The highest BCUT2D eigenvalue weighted by molar-refractivity contribution is 5.93. The minimum atomic E-state index is -4.51. The smallest absolute Gasteiger partial charge is 0.410 e. The quantitative estimate of drug-likeness (QED) is 0.769. The molecule has 1 aromatic carbocycles. The second-order valence-corrected chi connectivity index (χ2v) is 7.47. The van der Waals surface area contributed by atoms with Gasteiger partial charge in [0.25, 0.3) is 5.91 Å². The summed E-state index contributed by atoms with van der Waals surface area (Å²) in [7, 11) is 1.50. The monoisotopic (exact) mass is 424 g/mol. The Bertz CT molecular complexity index is 909. The second kappa shape index (κ2) is 8.17. The van der Waals surface area contributed by atoms with Gasteiger partial charge in [0.1, 0.15) is 11.6 Å². The molecule has 0 saturated carbocycles. The molecule has 1 amide bonds. The zero-order valence-corrected chi connectivity index (χ0v) is 16.4. The first-order chi connectivity index (χ1) is 14.3. The van der Waals surface area contributed by atoms with Crippen molar-refractivity contribution in [3.05, 3.63) is 41.6 Å². The van der Waals surface area contributed by atoms with E-state index in [0.717, 1.165) is 17.5 Å². The van der Waals surface area contributed by atoms with Gasteiger partial charge in [-0.1, -0.05) is 12.1 Å². The maximum atomic E-state index is 13.8. The van der Waals surface area contributed by atoms with Crippen LogP contribution in [0.5, 0.6) is 5.75 Å². The third-order valence-corrected chi connectivity index (χ3v) is 5.43. The minimum absolute atomic E-state index is 0.0592. The number of ether oxygens (including phenoxy) is 2. The summed E-state index contributed by atoms with van der Waals surface area (Å²) in [6.07, 6.45) is -3.04. The van der Waals surface area contributed by atoms with Gasteiger partial charge in [-0.15, -0.1) is 0 Å². The van der Waals surface area contributed by atoms with Gasteiger partial charge in [-0.2, -0.15) is 18.3 Å². The number of nitrogens with one attached hydrogen (secondary N) is 2. The minimum Gasteiger partial charge on any atom is -0.497 e. The summed E-state index contributed by atoms with van der Waals surface area (Å²) in [5, 5.41) is 9.74. The van der Waals surface area contributed by atoms with Gasteiger partial charge >= 0.3 is 6.18 Å². The van der Waals surface area contributed by atoms with Crippen LogP contribution in [0.2, 0.25) is 0 Å². The largest absolute Gasteiger partial charge is 0.497 e. The van der Waals surface area contributed by atoms with Gasteiger partial charge in [-0.05, 0) is 30.5 Å². The molecular formula is C20H23F3N4O3. The third-order valence-electron chi connectivity index (χ3n) is 5.43. The molecule has 4 rings (SSSR count). The number of aromatic nitrogens is 2. The van der Waals surface area contributed by atoms with Gasteiger partial charge in [0, 0.05) is 25.6 Å². The van der Waals surface area contributed by atoms with E-state index in [1.807, 2.05) is 0 Å². The summed E-state index contributed by atoms with van der Waals surface area (Å²) >= 11 is 0. The summed E-state index contributed by atoms with van der Waals surface area (Å²) in [4.78, 5) is 12.4. The Kier molecular flexibility index (Phi) is 5.59. The van der Waals surface area contributed by atoms with Crippen LogP contribution in [-0.4, -0.2) is 48.2 Å². The molecule has 1 saturated heterocycles. The lowest BCUT2D eigenvalue weighted by Gasteiger charge is -2.33. The van der Waals surface area contributed by atoms with E-state index in [1.165, 1.54) is 13.2 Å². The van der Waals surface area contributed by atoms with Crippen molar-refractivity contribution in [2.75, 3.05) is 25.6 Å². The molecule has 2 N–H and O–H groups in total. The summed E-state index contributed by atoms with van der Waals surface area (Å²) in [6.45, 7) is 0.964. The van der Waals surface area contributed by atoms with Crippen LogP contribution >= 0.6 is 0 Å². The Morgan fingerprint density at radius 2 is 2.23 bits per heavy atom. The van der Waals surface area contributed by atoms with Crippen molar-refractivity contribution < 1.29 is 27.4 Å². The van der Waals surface area contributed by atoms with E-state index in [9.17, 15) is 18.0 Å². The van der Waals surface area contributed by atoms with Crippen molar-refractivity contribution in [3.63, 3.8) is 0 Å². The van der Waals surface area contributed by atoms with Gasteiger partial charge in [0.05, 0.1) is 19.3 Å². The van der Waals surface area contributed by atoms with Crippen LogP contribution in [0.15, 0.2) is 30.3 Å². The van der Waals surface area contributed by atoms with Crippen LogP contribution in [0.1, 0.15) is 47.4 Å². The molecule has 0 radical (unpaired) electrons. The number of alkyl halides is 3. The Balaban J connectivity index is 1.57. The lowest BCUT2D eigenvalue weighted by atomic mass is 9.97. The lowest BCUT2D eigenvalue weighted by Crippen LogP contribution is -2.36. The molecule has 0 aliphatic carbocycles. The van der Waals surface area contributed by atoms with Crippen LogP contribution in [-0.2, 0) is 4.74 Å². The topological polar surface area (TPSA) is 77.4 Å². The first-order valence-corrected chi connectivity index (χ1v) is 9.81. The molecule has 10 heteroatoms. The van der Waals surface area contributed by atoms with Crippen molar-refractivity contribution in [2.24, 2.45) is 0 Å². The first-order valence-electron chi connectivity index (χ1n) is 9.81. The van der Waals surface area contributed by atoms with E-state index in [2.05, 4.69) is 15.7 Å². The maximum absolute atomic E-state index is 13.8. The number of benzene rings is 1. The van der Waals surface area contributed by atoms with Gasteiger partial charge < -0.3 is 20.1 Å². The molecule has 30 heavy (non-hydrogen) atoms. The summed E-state index contributed by atoms with van der Waals surface area (Å²) < 4.78 is 52.9. The number of carbonyl (C=O) groups excluding carboxylic acids is 1. The van der Waals surface area contributed by atoms with Gasteiger partial charge in [0.2, 0.25) is 0 Å². The van der Waals surface area contributed by atoms with Crippen LogP contribution in [0.25, 0.3) is 0 Å². The summed E-state index contributed by atoms with van der Waals surface area (Å²) in [6, 6.07) is 5.82. The molecule has 7 nitrogen and oxygen atoms in total. The van der Waals surface area contributed by atoms with E-state index in [0.29, 0.717) is 24.5 Å². The molecule has 3 atom stereocenters. The average Bonchev–Trinajstić information content (AvgIpc) is 3.40. The van der Waals surface area contributed by atoms with Crippen molar-refractivity contribution in [3.8, 4) is 5.75 Å². The number of anilines is 1. The zero-order chi connectivity index (χ0) is 21.3. The number of rotatable bonds is 5. The molecular weight excluding hydrogens is 401 g/mol. The van der Waals surface area contributed by atoms with Crippen molar-refractivity contribution in [1.82, 2.24) is 15.1 Å². The van der Waals surface area contributed by atoms with E-state index in [4.69, 9.17) is 9.47 Å². The SMILES string of the molecule is COc1cccc([C@H]2C[C@@H](C(F)(F)F)n3nc(C(=O)NC[C@@H]4CCCO4)cc3N2)c1. The number of hydrogen-bond acceptors (Lipinski definition) is 5. The van der Waals surface area contributed by atoms with E-state index < -0.39 is 24.2 Å². The number of amides is 1. The van der Waals surface area contributed by atoms with Crippen molar-refractivity contribution in [1.29, 1.82) is 0 Å². The standard InChI is InChI=1S/C20H23F3N4O3/c1-29-13-5-2-4-12(8-13)15-9-17(20(21,22)23)27-18(25-15)10-16(26-27)19(28)24-11-14-6-3-7-30-14/h2,4-5,8,10,14-15,17,25H,3,6-7,9,11H2,1H3,(H,24,28)/t14-,15+,17-/m0/s1. The fraction of sp³-hybridized carbons (Fsp3) is 0.500. The van der Waals surface area contributed by atoms with Crippen molar-refractivity contribution in [2.45, 2.75) is 43.6 Å². The fourth-order valence-corrected chi connectivity index (χ4v) is 3.86. The fourth-order valence-electron chi connectivity index (χ4n) is 3.86. The molecule has 1 aromatic heterocycles. The number of carbonyl (C=O) groups is 1. The molecule has 0 spiro atoms. The highest BCUT2D eigenvalue weighted by Gasteiger charge is 2.46. The number of nitrogens with zero attached hydrogens (tertiary/aromatic N) is 2. The zero-order valence-electron chi connectivity index (χ0n) is 16.4. The number of halogens is 3. The maximum Gasteiger partial charge on any atom is 0.410 e. The molecule has 2 aliphatic rings. The normalized spacial score (nSPS) is 23.5. The number of hydrogen-bond donors (Lipinski definition) is 2. The Hall–Kier alpha value is -2.75. The summed E-state index contributed by atoms with van der Waals surface area (Å²) in [5.41, 5.74) is 0.608. The second-order valence-electron chi connectivity index (χ2n) is 7.47. The Morgan fingerprint density at radius 1 is 1.40 bits per heavy atom. The molecule has 1 fully saturated rings. The highest BCUT2D eigenvalue weighted by atomic mass is 19.4. The Morgan fingerprint density at radius 3 is 2.93 bits per heavy atom. The van der Waals surface area contributed by atoms with Crippen LogP contribution in [0.3, 0.4) is 0 Å². The highest BCUT2D eigenvalue weighted by Crippen LogP contribution is 2.43. The molecule has 2 aromatic rings. The average molecular weight is 424 g/mol. The molecule has 0 unspecified atom stereocenters. The van der Waals surface area contributed by atoms with Crippen LogP contribution in [0.4, 0.5) is 19.0 Å². The Labute approximate surface area is 171 Å². The van der Waals surface area contributed by atoms with E-state index >= 15 is 0 Å². The van der Waals surface area contributed by atoms with E-state index in [1.54, 1.807) is 24.3 Å². The number of fused-ring (bicyclic) bond motifs is 1. The predicted molar refractivity (Wildman–Crippen MR) is 103 cm³/mol. The molecule has 162 valence electrons. The third kappa shape index (κ3) is 4.23. The lowest BCUT2D eigenvalue weighted by molar-refractivity contribution is -0.173. The number of methoxy groups -OCH3 is 1. The summed E-state index contributed by atoms with van der Waals surface area (Å²) in [5.74, 6) is 0.192.